The van der Waals surface area contributed by atoms with E-state index < -0.39 is 36.0 Å². The largest absolute Gasteiger partial charge is 0.459 e. The summed E-state index contributed by atoms with van der Waals surface area (Å²) in [5, 5.41) is 9.69. The third-order valence-corrected chi connectivity index (χ3v) is 3.48. The molecule has 0 unspecified atom stereocenters. The van der Waals surface area contributed by atoms with Crippen LogP contribution in [-0.4, -0.2) is 58.0 Å². The van der Waals surface area contributed by atoms with Gasteiger partial charge in [-0.25, -0.2) is 14.0 Å². The standard InChI is InChI=1S/C17H22FNO5.H2O/c1-17(2,3)24-16(22)19-9-12(20)13(18)14(19)15(21)23-10-11-7-5-4-6-8-11;/h4-8,12-14,20H,9-10H2,1-3H3;1H2/t12-,13-,14+;/m1./s1. The fourth-order valence-electron chi connectivity index (χ4n) is 2.38. The van der Waals surface area contributed by atoms with Crippen molar-refractivity contribution in [1.29, 1.82) is 0 Å². The first-order chi connectivity index (χ1) is 11.2. The predicted molar refractivity (Wildman–Crippen MR) is 87.5 cm³/mol. The van der Waals surface area contributed by atoms with E-state index in [1.807, 2.05) is 6.07 Å². The summed E-state index contributed by atoms with van der Waals surface area (Å²) < 4.78 is 24.5. The highest BCUT2D eigenvalue weighted by molar-refractivity contribution is 5.83. The Bertz CT molecular complexity index is 589. The summed E-state index contributed by atoms with van der Waals surface area (Å²) in [4.78, 5) is 25.3. The maximum absolute atomic E-state index is 14.2. The topological polar surface area (TPSA) is 108 Å². The van der Waals surface area contributed by atoms with Crippen LogP contribution in [0.5, 0.6) is 0 Å². The predicted octanol–water partition coefficient (Wildman–Crippen LogP) is 1.22. The molecule has 0 spiro atoms. The summed E-state index contributed by atoms with van der Waals surface area (Å²) in [5.74, 6) is -0.909. The quantitative estimate of drug-likeness (QED) is 0.819. The SMILES string of the molecule is CC(C)(C)OC(=O)N1C[C@@H](O)[C@@H](F)[C@H]1C(=O)OCc1ccccc1.O. The van der Waals surface area contributed by atoms with Crippen LogP contribution in [0.3, 0.4) is 0 Å². The monoisotopic (exact) mass is 357 g/mol. The van der Waals surface area contributed by atoms with Crippen molar-refractivity contribution < 1.29 is 34.0 Å². The number of hydrogen-bond donors (Lipinski definition) is 1. The summed E-state index contributed by atoms with van der Waals surface area (Å²) in [6.45, 7) is 4.62. The molecule has 1 fully saturated rings. The van der Waals surface area contributed by atoms with Gasteiger partial charge in [0, 0.05) is 0 Å². The molecule has 1 aliphatic rings. The molecule has 1 aromatic rings. The second-order valence-electron chi connectivity index (χ2n) is 6.68. The van der Waals surface area contributed by atoms with E-state index in [2.05, 4.69) is 0 Å². The van der Waals surface area contributed by atoms with Crippen LogP contribution in [0.4, 0.5) is 9.18 Å². The van der Waals surface area contributed by atoms with E-state index in [1.165, 1.54) is 0 Å². The van der Waals surface area contributed by atoms with Gasteiger partial charge in [0.25, 0.3) is 0 Å². The van der Waals surface area contributed by atoms with E-state index in [1.54, 1.807) is 45.0 Å². The lowest BCUT2D eigenvalue weighted by Gasteiger charge is -2.27. The van der Waals surface area contributed by atoms with Crippen molar-refractivity contribution in [2.24, 2.45) is 0 Å². The smallest absolute Gasteiger partial charge is 0.411 e. The van der Waals surface area contributed by atoms with E-state index >= 15 is 0 Å². The number of esters is 1. The molecule has 0 aliphatic carbocycles. The Labute approximate surface area is 145 Å². The van der Waals surface area contributed by atoms with Crippen molar-refractivity contribution >= 4 is 12.1 Å². The summed E-state index contributed by atoms with van der Waals surface area (Å²) in [6, 6.07) is 7.39. The number of benzene rings is 1. The second kappa shape index (κ2) is 8.26. The first-order valence-electron chi connectivity index (χ1n) is 7.71. The number of carbonyl (C=O) groups is 2. The minimum Gasteiger partial charge on any atom is -0.459 e. The van der Waals surface area contributed by atoms with E-state index in [0.29, 0.717) is 0 Å². The van der Waals surface area contributed by atoms with Crippen molar-refractivity contribution in [3.05, 3.63) is 35.9 Å². The zero-order chi connectivity index (χ0) is 17.9. The lowest BCUT2D eigenvalue weighted by molar-refractivity contribution is -0.152. The number of alkyl halides is 1. The van der Waals surface area contributed by atoms with E-state index in [0.717, 1.165) is 10.5 Å². The van der Waals surface area contributed by atoms with Crippen molar-refractivity contribution in [2.45, 2.75) is 51.3 Å². The number of amides is 1. The minimum atomic E-state index is -1.92. The lowest BCUT2D eigenvalue weighted by Crippen LogP contribution is -2.46. The zero-order valence-electron chi connectivity index (χ0n) is 14.4. The fraction of sp³-hybridized carbons (Fsp3) is 0.529. The second-order valence-corrected chi connectivity index (χ2v) is 6.68. The summed E-state index contributed by atoms with van der Waals surface area (Å²) >= 11 is 0. The highest BCUT2D eigenvalue weighted by atomic mass is 19.1. The molecule has 0 saturated carbocycles. The van der Waals surface area contributed by atoms with Gasteiger partial charge < -0.3 is 20.1 Å². The number of nitrogens with zero attached hydrogens (tertiary/aromatic N) is 1. The number of aliphatic hydroxyl groups is 1. The highest BCUT2D eigenvalue weighted by Crippen LogP contribution is 2.25. The number of rotatable bonds is 3. The molecule has 7 nitrogen and oxygen atoms in total. The number of β-amino-alcohol motifs (C(OH)–C–C–N with tert-alkyl or cyclic N) is 1. The molecule has 3 N–H and O–H groups in total. The van der Waals surface area contributed by atoms with Crippen LogP contribution in [0, 0.1) is 0 Å². The molecule has 25 heavy (non-hydrogen) atoms. The zero-order valence-corrected chi connectivity index (χ0v) is 14.4. The molecule has 1 aromatic carbocycles. The van der Waals surface area contributed by atoms with Crippen LogP contribution in [0.1, 0.15) is 26.3 Å². The number of aliphatic hydroxyl groups excluding tert-OH is 1. The Morgan fingerprint density at radius 3 is 2.44 bits per heavy atom. The van der Waals surface area contributed by atoms with E-state index in [-0.39, 0.29) is 18.6 Å². The third kappa shape index (κ3) is 5.40. The molecule has 140 valence electrons. The molecule has 8 heteroatoms. The van der Waals surface area contributed by atoms with Crippen molar-refractivity contribution in [1.82, 2.24) is 4.90 Å². The normalized spacial score (nSPS) is 22.9. The van der Waals surface area contributed by atoms with Gasteiger partial charge in [0.15, 0.2) is 12.2 Å². The third-order valence-electron chi connectivity index (χ3n) is 3.48. The first kappa shape index (κ1) is 20.9. The summed E-state index contributed by atoms with van der Waals surface area (Å²) in [5.41, 5.74) is -0.0572. The van der Waals surface area contributed by atoms with Crippen LogP contribution in [0.15, 0.2) is 30.3 Å². The molecule has 0 radical (unpaired) electrons. The molecule has 0 aromatic heterocycles. The van der Waals surface area contributed by atoms with Crippen LogP contribution in [0.2, 0.25) is 0 Å². The molecule has 2 rings (SSSR count). The van der Waals surface area contributed by atoms with Crippen molar-refractivity contribution in [3.8, 4) is 0 Å². The molecule has 1 heterocycles. The number of ether oxygens (including phenoxy) is 2. The Kier molecular flexibility index (Phi) is 6.89. The fourth-order valence-corrected chi connectivity index (χ4v) is 2.38. The van der Waals surface area contributed by atoms with Gasteiger partial charge in [-0.2, -0.15) is 0 Å². The van der Waals surface area contributed by atoms with Gasteiger partial charge in [-0.05, 0) is 26.3 Å². The van der Waals surface area contributed by atoms with E-state index in [4.69, 9.17) is 9.47 Å². The number of hydrogen-bond acceptors (Lipinski definition) is 5. The van der Waals surface area contributed by atoms with Gasteiger partial charge in [-0.1, -0.05) is 30.3 Å². The Morgan fingerprint density at radius 1 is 1.28 bits per heavy atom. The number of likely N-dealkylation sites (tertiary alicyclic amines) is 1. The Balaban J connectivity index is 0.00000312. The minimum absolute atomic E-state index is 0. The number of halogens is 1. The lowest BCUT2D eigenvalue weighted by atomic mass is 10.1. The molecule has 3 atom stereocenters. The van der Waals surface area contributed by atoms with Gasteiger partial charge >= 0.3 is 12.1 Å². The molecule has 0 bridgehead atoms. The Hall–Kier alpha value is -2.19. The molecule has 1 aliphatic heterocycles. The van der Waals surface area contributed by atoms with Crippen LogP contribution in [-0.2, 0) is 20.9 Å². The first-order valence-corrected chi connectivity index (χ1v) is 7.71. The molecular weight excluding hydrogens is 333 g/mol. The van der Waals surface area contributed by atoms with Crippen LogP contribution >= 0.6 is 0 Å². The van der Waals surface area contributed by atoms with Gasteiger partial charge in [0.2, 0.25) is 0 Å². The Morgan fingerprint density at radius 2 is 1.88 bits per heavy atom. The van der Waals surface area contributed by atoms with Crippen LogP contribution < -0.4 is 0 Å². The van der Waals surface area contributed by atoms with Crippen molar-refractivity contribution in [3.63, 3.8) is 0 Å². The molecular formula is C17H24FNO6. The number of carbonyl (C=O) groups excluding carboxylic acids is 2. The van der Waals surface area contributed by atoms with Gasteiger partial charge in [-0.15, -0.1) is 0 Å². The van der Waals surface area contributed by atoms with Gasteiger partial charge in [-0.3, -0.25) is 4.90 Å². The maximum Gasteiger partial charge on any atom is 0.411 e. The highest BCUT2D eigenvalue weighted by Gasteiger charge is 2.50. The average Bonchev–Trinajstić information content (AvgIpc) is 2.80. The van der Waals surface area contributed by atoms with Gasteiger partial charge in [0.05, 0.1) is 6.54 Å². The summed E-state index contributed by atoms with van der Waals surface area (Å²) in [7, 11) is 0. The average molecular weight is 357 g/mol. The van der Waals surface area contributed by atoms with Crippen LogP contribution in [0.25, 0.3) is 0 Å². The molecule has 1 saturated heterocycles. The van der Waals surface area contributed by atoms with E-state index in [9.17, 15) is 19.1 Å². The van der Waals surface area contributed by atoms with Gasteiger partial charge in [0.1, 0.15) is 18.3 Å². The maximum atomic E-state index is 14.2. The summed E-state index contributed by atoms with van der Waals surface area (Å²) in [6.07, 6.45) is -4.23. The molecule has 1 amide bonds. The van der Waals surface area contributed by atoms with Crippen molar-refractivity contribution in [2.75, 3.05) is 6.54 Å².